The number of nitrogens with one attached hydrogen (secondary N) is 4. The molecule has 0 spiro atoms. The average Bonchev–Trinajstić information content (AvgIpc) is 0.828. The third-order valence-electron chi connectivity index (χ3n) is 17.8. The number of aliphatic hydroxyl groups excluding tert-OH is 3. The molecule has 1 saturated heterocycles. The van der Waals surface area contributed by atoms with Crippen LogP contribution in [0, 0.1) is 41.4 Å². The number of nitrogens with zero attached hydrogens (tertiary/aromatic N) is 7. The lowest BCUT2D eigenvalue weighted by Crippen LogP contribution is -2.68. The molecule has 13 unspecified atom stereocenters. The summed E-state index contributed by atoms with van der Waals surface area (Å²) in [6.45, 7) is 29.2. The fourth-order valence-corrected chi connectivity index (χ4v) is 12.1. The summed E-state index contributed by atoms with van der Waals surface area (Å²) in [6.07, 6.45) is 1.00. The number of piperidine rings is 1. The average molecular weight is 1310 g/mol. The SMILES string of the molecule is CCCC(NC(C)(C=O)OC(C(=O)N(C)C(CC(C)C)C(=O)NC)C(C)C)N(C)C(=O)C(CC(C)C)NC(C=O)(CC(C)C)N(C)C(=O)CN(C)C(=O)C(NC(=O)C(C(O)C(C)CCN1CCCCC1CO)N(C)C(=O)C(C(C)C)N(C)C(=O)CCC(C)C)C(C)O. The van der Waals surface area contributed by atoms with Crippen molar-refractivity contribution in [3.63, 3.8) is 0 Å². The van der Waals surface area contributed by atoms with Gasteiger partial charge in [0, 0.05) is 61.8 Å². The summed E-state index contributed by atoms with van der Waals surface area (Å²) < 4.78 is 6.39. The fourth-order valence-electron chi connectivity index (χ4n) is 12.1. The molecule has 1 rings (SSSR count). The standard InChI is InChI=1S/C67H125N11O14/c1-24-27-52(71-66(16,39-80)92-59(46(12)13)65(91)73(19)51(35-43(6)7)60(86)68-17)74(20)62(88)50(34-42(4)5)70-67(40-81,36-44(8)9)77(23)54(84)37-72(18)63(89)55(48(15)82)69-61(87)57(58(85)47(14)31-33-78-32-26-25-28-49(78)38-79)76(22)64(90)56(45(10)11)75(21)53(83)30-29-41(2)3/h39-52,55-59,70-71,79,82,85H,24-38H2,1-23H3,(H,68,86)(H,69,87). The van der Waals surface area contributed by atoms with Gasteiger partial charge in [0.25, 0.3) is 5.91 Å². The molecule has 13 atom stereocenters. The maximum absolute atomic E-state index is 15.1. The van der Waals surface area contributed by atoms with Crippen LogP contribution in [0.25, 0.3) is 0 Å². The number of aldehydes is 2. The third-order valence-corrected chi connectivity index (χ3v) is 17.8. The largest absolute Gasteiger partial charge is 0.395 e. The quantitative estimate of drug-likeness (QED) is 0.0340. The van der Waals surface area contributed by atoms with E-state index < -0.39 is 126 Å². The van der Waals surface area contributed by atoms with Gasteiger partial charge in [-0.25, -0.2) is 0 Å². The van der Waals surface area contributed by atoms with Crippen molar-refractivity contribution in [3.8, 4) is 0 Å². The van der Waals surface area contributed by atoms with Crippen molar-refractivity contribution in [3.05, 3.63) is 0 Å². The van der Waals surface area contributed by atoms with Crippen LogP contribution in [0.15, 0.2) is 0 Å². The fraction of sp³-hybridized carbons (Fsp3) is 0.851. The Morgan fingerprint density at radius 3 is 1.73 bits per heavy atom. The highest BCUT2D eigenvalue weighted by atomic mass is 16.5. The van der Waals surface area contributed by atoms with Gasteiger partial charge >= 0.3 is 0 Å². The lowest BCUT2D eigenvalue weighted by atomic mass is 9.91. The first-order valence-corrected chi connectivity index (χ1v) is 33.6. The maximum atomic E-state index is 15.1. The maximum Gasteiger partial charge on any atom is 0.252 e. The Morgan fingerprint density at radius 1 is 0.652 bits per heavy atom. The molecule has 7 N–H and O–H groups in total. The van der Waals surface area contributed by atoms with Crippen LogP contribution in [0.1, 0.15) is 181 Å². The molecule has 0 aromatic heterocycles. The minimum absolute atomic E-state index is 0.00691. The van der Waals surface area contributed by atoms with Crippen molar-refractivity contribution in [2.75, 3.05) is 75.6 Å². The minimum atomic E-state index is -1.87. The van der Waals surface area contributed by atoms with E-state index in [1.165, 1.54) is 77.9 Å². The van der Waals surface area contributed by atoms with Crippen LogP contribution >= 0.6 is 0 Å². The van der Waals surface area contributed by atoms with Gasteiger partial charge in [0.05, 0.1) is 37.6 Å². The van der Waals surface area contributed by atoms with Crippen LogP contribution in [0.5, 0.6) is 0 Å². The van der Waals surface area contributed by atoms with Crippen LogP contribution in [0.3, 0.4) is 0 Å². The first-order chi connectivity index (χ1) is 42.7. The highest BCUT2D eigenvalue weighted by molar-refractivity contribution is 5.96. The molecule has 0 aromatic rings. The molecule has 0 saturated carbocycles. The summed E-state index contributed by atoms with van der Waals surface area (Å²) in [5.74, 6) is -6.67. The molecule has 0 bridgehead atoms. The third kappa shape index (κ3) is 24.9. The zero-order chi connectivity index (χ0) is 71.0. The minimum Gasteiger partial charge on any atom is -0.395 e. The molecule has 532 valence electrons. The molecular formula is C67H125N11O14. The topological polar surface area (TPSA) is 311 Å². The van der Waals surface area contributed by atoms with Gasteiger partial charge in [-0.15, -0.1) is 0 Å². The van der Waals surface area contributed by atoms with E-state index in [1.807, 2.05) is 62.3 Å². The molecule has 25 heteroatoms. The van der Waals surface area contributed by atoms with Gasteiger partial charge in [0.15, 0.2) is 24.0 Å². The van der Waals surface area contributed by atoms with Gasteiger partial charge in [0.1, 0.15) is 30.3 Å². The molecule has 92 heavy (non-hydrogen) atoms. The molecular weight excluding hydrogens is 1180 g/mol. The molecule has 0 radical (unpaired) electrons. The predicted molar refractivity (Wildman–Crippen MR) is 356 cm³/mol. The second-order valence-corrected chi connectivity index (χ2v) is 28.6. The van der Waals surface area contributed by atoms with Gasteiger partial charge in [-0.2, -0.15) is 0 Å². The number of carbonyl (C=O) groups excluding carboxylic acids is 10. The van der Waals surface area contributed by atoms with Crippen molar-refractivity contribution in [2.24, 2.45) is 41.4 Å². The molecule has 0 aromatic carbocycles. The summed E-state index contributed by atoms with van der Waals surface area (Å²) in [4.78, 5) is 151. The monoisotopic (exact) mass is 1310 g/mol. The van der Waals surface area contributed by atoms with E-state index in [1.54, 1.807) is 34.6 Å². The Labute approximate surface area is 551 Å². The zero-order valence-corrected chi connectivity index (χ0v) is 60.5. The van der Waals surface area contributed by atoms with E-state index in [0.717, 1.165) is 40.5 Å². The molecule has 1 aliphatic rings. The lowest BCUT2D eigenvalue weighted by Gasteiger charge is -2.44. The lowest BCUT2D eigenvalue weighted by molar-refractivity contribution is -0.174. The first-order valence-electron chi connectivity index (χ1n) is 33.6. The van der Waals surface area contributed by atoms with Crippen molar-refractivity contribution < 1.29 is 68.0 Å². The van der Waals surface area contributed by atoms with Gasteiger partial charge in [-0.05, 0) is 120 Å². The highest BCUT2D eigenvalue weighted by Crippen LogP contribution is 2.28. The van der Waals surface area contributed by atoms with Crippen LogP contribution in [-0.2, 0) is 52.7 Å². The molecule has 1 fully saturated rings. The number of hydrogen-bond acceptors (Lipinski definition) is 17. The molecule has 1 aliphatic heterocycles. The number of likely N-dealkylation sites (N-methyl/N-ethyl adjacent to an activating group) is 7. The van der Waals surface area contributed by atoms with Crippen LogP contribution in [0.4, 0.5) is 0 Å². The summed E-state index contributed by atoms with van der Waals surface area (Å²) in [6, 6.07) is -6.47. The number of hydrogen-bond donors (Lipinski definition) is 7. The second-order valence-electron chi connectivity index (χ2n) is 28.6. The van der Waals surface area contributed by atoms with Crippen LogP contribution in [0.2, 0.25) is 0 Å². The van der Waals surface area contributed by atoms with Gasteiger partial charge in [-0.3, -0.25) is 63.5 Å². The number of aliphatic hydroxyl groups is 3. The smallest absolute Gasteiger partial charge is 0.252 e. The normalized spacial score (nSPS) is 18.5. The Kier molecular flexibility index (Phi) is 36.5. The Balaban J connectivity index is 3.79. The Morgan fingerprint density at radius 2 is 1.25 bits per heavy atom. The Hall–Kier alpha value is -5.18. The van der Waals surface area contributed by atoms with Crippen molar-refractivity contribution >= 4 is 59.8 Å². The highest BCUT2D eigenvalue weighted by Gasteiger charge is 2.47. The van der Waals surface area contributed by atoms with E-state index >= 15 is 4.79 Å². The zero-order valence-electron chi connectivity index (χ0n) is 60.5. The number of amides is 8. The Bertz CT molecular complexity index is 2360. The summed E-state index contributed by atoms with van der Waals surface area (Å²) in [5.41, 5.74) is -3.72. The predicted octanol–water partition coefficient (Wildman–Crippen LogP) is 3.44. The van der Waals surface area contributed by atoms with Crippen molar-refractivity contribution in [1.82, 2.24) is 55.6 Å². The van der Waals surface area contributed by atoms with Gasteiger partial charge < -0.3 is 60.1 Å². The molecule has 1 heterocycles. The van der Waals surface area contributed by atoms with E-state index in [9.17, 15) is 58.5 Å². The second kappa shape index (κ2) is 39.6. The summed E-state index contributed by atoms with van der Waals surface area (Å²) in [7, 11) is 10.1. The van der Waals surface area contributed by atoms with Crippen molar-refractivity contribution in [1.29, 1.82) is 0 Å². The van der Waals surface area contributed by atoms with E-state index in [0.29, 0.717) is 51.2 Å². The molecule has 0 aliphatic carbocycles. The number of carbonyl (C=O) groups is 10. The van der Waals surface area contributed by atoms with Gasteiger partial charge in [0.2, 0.25) is 41.4 Å². The number of ether oxygens (including phenoxy) is 1. The van der Waals surface area contributed by atoms with Crippen LogP contribution in [-0.4, -0.2) is 257 Å². The van der Waals surface area contributed by atoms with Gasteiger partial charge in [-0.1, -0.05) is 110 Å². The van der Waals surface area contributed by atoms with E-state index in [2.05, 4.69) is 26.2 Å². The van der Waals surface area contributed by atoms with Crippen LogP contribution < -0.4 is 21.3 Å². The summed E-state index contributed by atoms with van der Waals surface area (Å²) in [5, 5.41) is 45.4. The van der Waals surface area contributed by atoms with E-state index in [-0.39, 0.29) is 67.4 Å². The molecule has 8 amide bonds. The van der Waals surface area contributed by atoms with Crippen molar-refractivity contribution in [2.45, 2.75) is 254 Å². The first kappa shape index (κ1) is 84.8. The van der Waals surface area contributed by atoms with E-state index in [4.69, 9.17) is 4.74 Å². The molecule has 25 nitrogen and oxygen atoms in total. The number of likely N-dealkylation sites (tertiary alicyclic amines) is 1. The summed E-state index contributed by atoms with van der Waals surface area (Å²) >= 11 is 0. The number of rotatable bonds is 42.